The highest BCUT2D eigenvalue weighted by Gasteiger charge is 2.04. The van der Waals surface area contributed by atoms with Crippen LogP contribution in [0.15, 0.2) is 12.3 Å². The lowest BCUT2D eigenvalue weighted by molar-refractivity contribution is 0.302. The first-order chi connectivity index (χ1) is 6.27. The van der Waals surface area contributed by atoms with Crippen molar-refractivity contribution < 1.29 is 5.11 Å². The van der Waals surface area contributed by atoms with Crippen LogP contribution in [0.5, 0.6) is 0 Å². The van der Waals surface area contributed by atoms with Crippen LogP contribution in [-0.4, -0.2) is 34.8 Å². The highest BCUT2D eigenvalue weighted by Crippen LogP contribution is 2.08. The zero-order valence-corrected chi connectivity index (χ0v) is 8.06. The Morgan fingerprint density at radius 3 is 2.85 bits per heavy atom. The summed E-state index contributed by atoms with van der Waals surface area (Å²) in [6.07, 6.45) is 1.73. The van der Waals surface area contributed by atoms with E-state index in [1.807, 2.05) is 24.8 Å². The van der Waals surface area contributed by atoms with Crippen LogP contribution in [0.2, 0.25) is 0 Å². The van der Waals surface area contributed by atoms with Gasteiger partial charge in [0.05, 0.1) is 6.61 Å². The number of nitrogens with zero attached hydrogens (tertiary/aromatic N) is 3. The molecule has 0 fully saturated rings. The van der Waals surface area contributed by atoms with Crippen molar-refractivity contribution in [1.29, 1.82) is 0 Å². The number of aliphatic hydroxyl groups excluding tert-OH is 1. The molecule has 0 atom stereocenters. The van der Waals surface area contributed by atoms with Gasteiger partial charge in [0, 0.05) is 19.3 Å². The summed E-state index contributed by atoms with van der Waals surface area (Å²) in [4.78, 5) is 10.3. The van der Waals surface area contributed by atoms with Gasteiger partial charge in [-0.25, -0.2) is 9.97 Å². The van der Waals surface area contributed by atoms with Crippen LogP contribution in [0.1, 0.15) is 12.7 Å². The molecule has 0 aliphatic heterocycles. The molecule has 0 aliphatic rings. The first kappa shape index (κ1) is 9.92. The standard InChI is InChI=1S/C9H15N3O/c1-3-12(6-7-13)9-4-5-10-8(2)11-9/h4-5,13H,3,6-7H2,1-2H3. The fourth-order valence-electron chi connectivity index (χ4n) is 1.18. The second kappa shape index (κ2) is 4.77. The van der Waals surface area contributed by atoms with Gasteiger partial charge in [0.1, 0.15) is 11.6 Å². The fourth-order valence-corrected chi connectivity index (χ4v) is 1.18. The monoisotopic (exact) mass is 181 g/mol. The molecule has 0 saturated heterocycles. The molecule has 0 aliphatic carbocycles. The minimum Gasteiger partial charge on any atom is -0.395 e. The molecule has 4 heteroatoms. The smallest absolute Gasteiger partial charge is 0.132 e. The largest absolute Gasteiger partial charge is 0.395 e. The van der Waals surface area contributed by atoms with Gasteiger partial charge >= 0.3 is 0 Å². The summed E-state index contributed by atoms with van der Waals surface area (Å²) >= 11 is 0. The molecule has 0 aromatic carbocycles. The SMILES string of the molecule is CCN(CCO)c1ccnc(C)n1. The van der Waals surface area contributed by atoms with Crippen LogP contribution in [0.25, 0.3) is 0 Å². The van der Waals surface area contributed by atoms with Gasteiger partial charge in [0.15, 0.2) is 0 Å². The molecule has 0 unspecified atom stereocenters. The minimum atomic E-state index is 0.150. The first-order valence-electron chi connectivity index (χ1n) is 4.43. The molecule has 1 heterocycles. The van der Waals surface area contributed by atoms with E-state index in [9.17, 15) is 0 Å². The molecule has 1 aromatic heterocycles. The maximum absolute atomic E-state index is 8.81. The molecule has 0 amide bonds. The lowest BCUT2D eigenvalue weighted by Gasteiger charge is -2.20. The molecule has 1 N–H and O–H groups in total. The summed E-state index contributed by atoms with van der Waals surface area (Å²) in [6.45, 7) is 5.50. The van der Waals surface area contributed by atoms with Crippen LogP contribution in [0.4, 0.5) is 5.82 Å². The highest BCUT2D eigenvalue weighted by molar-refractivity contribution is 5.36. The van der Waals surface area contributed by atoms with Crippen molar-refractivity contribution in [1.82, 2.24) is 9.97 Å². The fraction of sp³-hybridized carbons (Fsp3) is 0.556. The Hall–Kier alpha value is -1.16. The topological polar surface area (TPSA) is 49.2 Å². The van der Waals surface area contributed by atoms with Gasteiger partial charge in [-0.05, 0) is 19.9 Å². The highest BCUT2D eigenvalue weighted by atomic mass is 16.3. The van der Waals surface area contributed by atoms with E-state index in [0.717, 1.165) is 18.2 Å². The lowest BCUT2D eigenvalue weighted by Crippen LogP contribution is -2.27. The number of aliphatic hydroxyl groups is 1. The second-order valence-corrected chi connectivity index (χ2v) is 2.77. The molecular weight excluding hydrogens is 166 g/mol. The summed E-state index contributed by atoms with van der Waals surface area (Å²) in [7, 11) is 0. The maximum Gasteiger partial charge on any atom is 0.132 e. The van der Waals surface area contributed by atoms with Crippen LogP contribution >= 0.6 is 0 Å². The Morgan fingerprint density at radius 1 is 1.54 bits per heavy atom. The normalized spacial score (nSPS) is 10.1. The van der Waals surface area contributed by atoms with E-state index in [-0.39, 0.29) is 6.61 Å². The van der Waals surface area contributed by atoms with Crippen molar-refractivity contribution in [2.24, 2.45) is 0 Å². The van der Waals surface area contributed by atoms with E-state index in [2.05, 4.69) is 9.97 Å². The number of hydrogen-bond acceptors (Lipinski definition) is 4. The number of aryl methyl sites for hydroxylation is 1. The van der Waals surface area contributed by atoms with Crippen molar-refractivity contribution in [2.75, 3.05) is 24.6 Å². The number of likely N-dealkylation sites (N-methyl/N-ethyl adjacent to an activating group) is 1. The van der Waals surface area contributed by atoms with Gasteiger partial charge < -0.3 is 10.0 Å². The zero-order chi connectivity index (χ0) is 9.68. The Kier molecular flexibility index (Phi) is 3.64. The van der Waals surface area contributed by atoms with Crippen LogP contribution in [0.3, 0.4) is 0 Å². The molecule has 13 heavy (non-hydrogen) atoms. The number of rotatable bonds is 4. The molecule has 0 saturated carbocycles. The molecule has 0 radical (unpaired) electrons. The van der Waals surface area contributed by atoms with E-state index in [1.165, 1.54) is 0 Å². The molecule has 1 rings (SSSR count). The molecular formula is C9H15N3O. The summed E-state index contributed by atoms with van der Waals surface area (Å²) < 4.78 is 0. The summed E-state index contributed by atoms with van der Waals surface area (Å²) in [5.41, 5.74) is 0. The zero-order valence-electron chi connectivity index (χ0n) is 8.06. The van der Waals surface area contributed by atoms with Crippen molar-refractivity contribution in [3.8, 4) is 0 Å². The molecule has 0 spiro atoms. The average Bonchev–Trinajstić information content (AvgIpc) is 2.14. The van der Waals surface area contributed by atoms with Gasteiger partial charge in [0.25, 0.3) is 0 Å². The quantitative estimate of drug-likeness (QED) is 0.739. The summed E-state index contributed by atoms with van der Waals surface area (Å²) in [5, 5.41) is 8.81. The van der Waals surface area contributed by atoms with E-state index >= 15 is 0 Å². The Labute approximate surface area is 78.2 Å². The van der Waals surface area contributed by atoms with Crippen molar-refractivity contribution >= 4 is 5.82 Å². The average molecular weight is 181 g/mol. The Morgan fingerprint density at radius 2 is 2.31 bits per heavy atom. The molecule has 1 aromatic rings. The predicted octanol–water partition coefficient (Wildman–Crippen LogP) is 0.604. The third-order valence-electron chi connectivity index (χ3n) is 1.84. The van der Waals surface area contributed by atoms with Crippen molar-refractivity contribution in [3.05, 3.63) is 18.1 Å². The number of hydrogen-bond donors (Lipinski definition) is 1. The van der Waals surface area contributed by atoms with Gasteiger partial charge in [-0.15, -0.1) is 0 Å². The van der Waals surface area contributed by atoms with Crippen molar-refractivity contribution in [2.45, 2.75) is 13.8 Å². The lowest BCUT2D eigenvalue weighted by atomic mass is 10.4. The van der Waals surface area contributed by atoms with Gasteiger partial charge in [0.2, 0.25) is 0 Å². The van der Waals surface area contributed by atoms with E-state index in [4.69, 9.17) is 5.11 Å². The second-order valence-electron chi connectivity index (χ2n) is 2.77. The molecule has 72 valence electrons. The first-order valence-corrected chi connectivity index (χ1v) is 4.43. The van der Waals surface area contributed by atoms with Gasteiger partial charge in [-0.2, -0.15) is 0 Å². The van der Waals surface area contributed by atoms with E-state index in [1.54, 1.807) is 6.20 Å². The Bertz CT molecular complexity index is 265. The maximum atomic E-state index is 8.81. The van der Waals surface area contributed by atoms with Crippen LogP contribution in [0, 0.1) is 6.92 Å². The number of anilines is 1. The van der Waals surface area contributed by atoms with Gasteiger partial charge in [-0.1, -0.05) is 0 Å². The predicted molar refractivity (Wildman–Crippen MR) is 51.7 cm³/mol. The molecule has 0 bridgehead atoms. The summed E-state index contributed by atoms with van der Waals surface area (Å²) in [6, 6.07) is 1.85. The summed E-state index contributed by atoms with van der Waals surface area (Å²) in [5.74, 6) is 1.64. The molecule has 4 nitrogen and oxygen atoms in total. The van der Waals surface area contributed by atoms with E-state index in [0.29, 0.717) is 6.54 Å². The number of aromatic nitrogens is 2. The third-order valence-corrected chi connectivity index (χ3v) is 1.84. The van der Waals surface area contributed by atoms with E-state index < -0.39 is 0 Å². The van der Waals surface area contributed by atoms with Crippen molar-refractivity contribution in [3.63, 3.8) is 0 Å². The van der Waals surface area contributed by atoms with Crippen LogP contribution in [-0.2, 0) is 0 Å². The van der Waals surface area contributed by atoms with Gasteiger partial charge in [-0.3, -0.25) is 0 Å². The van der Waals surface area contributed by atoms with Crippen LogP contribution < -0.4 is 4.90 Å². The Balaban J connectivity index is 2.78. The third kappa shape index (κ3) is 2.66. The minimum absolute atomic E-state index is 0.150.